The molecule has 0 bridgehead atoms. The van der Waals surface area contributed by atoms with Crippen LogP contribution in [-0.2, 0) is 21.6 Å². The summed E-state index contributed by atoms with van der Waals surface area (Å²) < 4.78 is 23.8. The van der Waals surface area contributed by atoms with Crippen molar-refractivity contribution in [2.24, 2.45) is 5.92 Å². The molecule has 1 aliphatic carbocycles. The fourth-order valence-electron chi connectivity index (χ4n) is 8.22. The average molecular weight is 634 g/mol. The molecule has 3 aromatic carbocycles. The lowest BCUT2D eigenvalue weighted by molar-refractivity contribution is -0.128. The summed E-state index contributed by atoms with van der Waals surface area (Å²) in [6.45, 7) is 5.36. The van der Waals surface area contributed by atoms with Gasteiger partial charge in [0.1, 0.15) is 17.2 Å². The lowest BCUT2D eigenvalue weighted by atomic mass is 9.70. The highest BCUT2D eigenvalue weighted by molar-refractivity contribution is 6.31. The molecule has 4 aliphatic rings. The van der Waals surface area contributed by atoms with E-state index in [4.69, 9.17) is 32.9 Å². The van der Waals surface area contributed by atoms with Gasteiger partial charge in [-0.3, -0.25) is 9.69 Å². The maximum Gasteiger partial charge on any atom is 0.338 e. The summed E-state index contributed by atoms with van der Waals surface area (Å²) in [6.07, 6.45) is 2.96. The molecule has 3 aliphatic heterocycles. The van der Waals surface area contributed by atoms with Gasteiger partial charge in [-0.1, -0.05) is 41.4 Å². The van der Waals surface area contributed by atoms with E-state index in [2.05, 4.69) is 14.8 Å². The predicted octanol–water partition coefficient (Wildman–Crippen LogP) is 7.18. The predicted molar refractivity (Wildman–Crippen MR) is 167 cm³/mol. The van der Waals surface area contributed by atoms with Gasteiger partial charge in [-0.2, -0.15) is 0 Å². The summed E-state index contributed by atoms with van der Waals surface area (Å²) in [5, 5.41) is 3.67. The largest absolute Gasteiger partial charge is 0.462 e. The van der Waals surface area contributed by atoms with Crippen molar-refractivity contribution in [3.05, 3.63) is 92.5 Å². The average Bonchev–Trinajstić information content (AvgIpc) is 3.58. The van der Waals surface area contributed by atoms with Crippen LogP contribution in [0.4, 0.5) is 10.1 Å². The van der Waals surface area contributed by atoms with E-state index in [1.165, 1.54) is 0 Å². The molecule has 10 heteroatoms. The Kier molecular flexibility index (Phi) is 6.39. The first-order chi connectivity index (χ1) is 21.2. The van der Waals surface area contributed by atoms with Crippen molar-refractivity contribution in [2.75, 3.05) is 18.5 Å². The van der Waals surface area contributed by atoms with Crippen molar-refractivity contribution < 1.29 is 18.7 Å². The number of nitrogens with one attached hydrogen (secondary N) is 1. The number of halogens is 3. The van der Waals surface area contributed by atoms with Gasteiger partial charge in [0, 0.05) is 47.2 Å². The first kappa shape index (κ1) is 28.0. The van der Waals surface area contributed by atoms with E-state index >= 15 is 4.39 Å². The van der Waals surface area contributed by atoms with E-state index in [0.717, 1.165) is 48.3 Å². The second-order valence-electron chi connectivity index (χ2n) is 12.5. The molecule has 4 heterocycles. The first-order valence-electron chi connectivity index (χ1n) is 15.2. The molecular weight excluding hydrogens is 602 g/mol. The molecule has 4 atom stereocenters. The lowest BCUT2D eigenvalue weighted by Crippen LogP contribution is -2.53. The summed E-state index contributed by atoms with van der Waals surface area (Å²) >= 11 is 12.8. The van der Waals surface area contributed by atoms with E-state index in [1.807, 2.05) is 19.1 Å². The summed E-state index contributed by atoms with van der Waals surface area (Å²) in [6, 6.07) is 14.2. The number of rotatable bonds is 5. The van der Waals surface area contributed by atoms with Gasteiger partial charge in [0.25, 0.3) is 0 Å². The van der Waals surface area contributed by atoms with Crippen LogP contribution in [0.15, 0.2) is 48.5 Å². The minimum Gasteiger partial charge on any atom is -0.462 e. The monoisotopic (exact) mass is 632 g/mol. The lowest BCUT2D eigenvalue weighted by Gasteiger charge is -2.40. The molecule has 0 unspecified atom stereocenters. The van der Waals surface area contributed by atoms with Crippen LogP contribution in [0.2, 0.25) is 10.0 Å². The van der Waals surface area contributed by atoms with E-state index in [1.54, 1.807) is 43.3 Å². The Labute approximate surface area is 264 Å². The van der Waals surface area contributed by atoms with Gasteiger partial charge in [0.05, 0.1) is 28.2 Å². The van der Waals surface area contributed by atoms with Crippen molar-refractivity contribution >= 4 is 51.8 Å². The molecule has 1 N–H and O–H groups in total. The molecule has 1 saturated carbocycles. The minimum absolute atomic E-state index is 0.0174. The number of likely N-dealkylation sites (tertiary alicyclic amines) is 1. The number of ether oxygens (including phenoxy) is 1. The first-order valence-corrected chi connectivity index (χ1v) is 16.0. The number of anilines is 1. The molecule has 1 amide bonds. The van der Waals surface area contributed by atoms with Crippen molar-refractivity contribution in [1.82, 2.24) is 14.5 Å². The Morgan fingerprint density at radius 1 is 1.16 bits per heavy atom. The van der Waals surface area contributed by atoms with Gasteiger partial charge in [0.15, 0.2) is 0 Å². The summed E-state index contributed by atoms with van der Waals surface area (Å²) in [5.74, 6) is -0.795. The van der Waals surface area contributed by atoms with Gasteiger partial charge in [-0.15, -0.1) is 0 Å². The third kappa shape index (κ3) is 3.80. The van der Waals surface area contributed by atoms with E-state index in [0.29, 0.717) is 39.8 Å². The number of carbonyl (C=O) groups is 2. The molecule has 1 spiro atoms. The van der Waals surface area contributed by atoms with Crippen molar-refractivity contribution in [2.45, 2.75) is 63.1 Å². The standard InChI is InChI=1S/C34H31Cl2FN4O3/c1-3-44-32(42)20-10-12-26-30(17(20)2)39-31-27-25(13-14-40(26)31)41(16-18-7-8-18)34(28(27)21-5-4-6-23(36)29(21)37)22-11-9-19(35)15-24(22)38-33(34)43/h4-6,9-12,15,18,25,27-28H,3,7-8,13-14,16H2,1-2H3,(H,38,43)/t25-,27+,28-,34+/m0/s1. The molecule has 1 aromatic heterocycles. The van der Waals surface area contributed by atoms with Gasteiger partial charge >= 0.3 is 5.97 Å². The van der Waals surface area contributed by atoms with Crippen LogP contribution in [0.5, 0.6) is 0 Å². The normalized spacial score (nSPS) is 25.7. The number of hydrogen-bond acceptors (Lipinski definition) is 5. The quantitative estimate of drug-likeness (QED) is 0.236. The smallest absolute Gasteiger partial charge is 0.338 e. The SMILES string of the molecule is CCOC(=O)c1ccc2c(nc3n2CC[C@H]2[C@@H]3[C@H](c3cccc(Cl)c3F)[C@]3(C(=O)Nc4cc(Cl)ccc43)N2CC2CC2)c1C. The van der Waals surface area contributed by atoms with Crippen LogP contribution in [0.1, 0.15) is 70.9 Å². The highest BCUT2D eigenvalue weighted by atomic mass is 35.5. The third-order valence-electron chi connectivity index (χ3n) is 10.2. The van der Waals surface area contributed by atoms with Crippen LogP contribution >= 0.6 is 23.2 Å². The number of aryl methyl sites for hydroxylation is 2. The molecule has 7 nitrogen and oxygen atoms in total. The van der Waals surface area contributed by atoms with Gasteiger partial charge in [-0.05, 0) is 80.5 Å². The summed E-state index contributed by atoms with van der Waals surface area (Å²) in [5.41, 5.74) is 3.50. The molecule has 44 heavy (non-hydrogen) atoms. The van der Waals surface area contributed by atoms with Crippen LogP contribution in [-0.4, -0.2) is 45.5 Å². The number of imidazole rings is 1. The molecule has 8 rings (SSSR count). The number of fused-ring (bicyclic) bond motifs is 7. The zero-order chi connectivity index (χ0) is 30.5. The Balaban J connectivity index is 1.41. The van der Waals surface area contributed by atoms with E-state index in [-0.39, 0.29) is 35.5 Å². The number of carbonyl (C=O) groups excluding carboxylic acids is 2. The van der Waals surface area contributed by atoms with Crippen molar-refractivity contribution in [3.63, 3.8) is 0 Å². The molecular formula is C34H31Cl2FN4O3. The zero-order valence-corrected chi connectivity index (χ0v) is 25.9. The Morgan fingerprint density at radius 2 is 1.98 bits per heavy atom. The van der Waals surface area contributed by atoms with Gasteiger partial charge in [-0.25, -0.2) is 14.2 Å². The van der Waals surface area contributed by atoms with Gasteiger partial charge in [0.2, 0.25) is 5.91 Å². The van der Waals surface area contributed by atoms with Crippen LogP contribution in [0.3, 0.4) is 0 Å². The Bertz CT molecular complexity index is 1890. The van der Waals surface area contributed by atoms with Crippen molar-refractivity contribution in [1.29, 1.82) is 0 Å². The number of esters is 1. The molecule has 226 valence electrons. The maximum absolute atomic E-state index is 16.3. The number of aromatic nitrogens is 2. The molecule has 1 saturated heterocycles. The zero-order valence-electron chi connectivity index (χ0n) is 24.4. The van der Waals surface area contributed by atoms with Crippen molar-refractivity contribution in [3.8, 4) is 0 Å². The Morgan fingerprint density at radius 3 is 2.75 bits per heavy atom. The third-order valence-corrected chi connectivity index (χ3v) is 10.7. The van der Waals surface area contributed by atoms with E-state index < -0.39 is 17.3 Å². The number of hydrogen-bond donors (Lipinski definition) is 1. The maximum atomic E-state index is 16.3. The van der Waals surface area contributed by atoms with E-state index in [9.17, 15) is 9.59 Å². The highest BCUT2D eigenvalue weighted by Crippen LogP contribution is 2.64. The van der Waals surface area contributed by atoms with Crippen LogP contribution in [0, 0.1) is 18.7 Å². The summed E-state index contributed by atoms with van der Waals surface area (Å²) in [7, 11) is 0. The number of benzene rings is 3. The molecule has 2 fully saturated rings. The van der Waals surface area contributed by atoms with Crippen LogP contribution in [0.25, 0.3) is 11.0 Å². The summed E-state index contributed by atoms with van der Waals surface area (Å²) in [4.78, 5) is 34.9. The Hall–Kier alpha value is -3.46. The van der Waals surface area contributed by atoms with Crippen LogP contribution < -0.4 is 5.32 Å². The molecule has 4 aromatic rings. The second-order valence-corrected chi connectivity index (χ2v) is 13.3. The fraction of sp³-hybridized carbons (Fsp3) is 0.382. The molecule has 0 radical (unpaired) electrons. The fourth-order valence-corrected chi connectivity index (χ4v) is 8.57. The van der Waals surface area contributed by atoms with Gasteiger partial charge < -0.3 is 14.6 Å². The highest BCUT2D eigenvalue weighted by Gasteiger charge is 2.69. The minimum atomic E-state index is -1.19. The number of amides is 1. The topological polar surface area (TPSA) is 76.5 Å². The second kappa shape index (κ2) is 10.0. The number of nitrogens with zero attached hydrogens (tertiary/aromatic N) is 3.